The van der Waals surface area contributed by atoms with Crippen LogP contribution < -0.4 is 0 Å². The lowest BCUT2D eigenvalue weighted by Crippen LogP contribution is -2.20. The van der Waals surface area contributed by atoms with Crippen LogP contribution in [-0.2, 0) is 9.59 Å². The minimum Gasteiger partial charge on any atom is -0.481 e. The number of hydrogen-bond donors (Lipinski definition) is 2. The molecule has 1 atom stereocenters. The molecule has 0 amide bonds. The first kappa shape index (κ1) is 37.8. The van der Waals surface area contributed by atoms with Crippen LogP contribution in [0.3, 0.4) is 0 Å². The fraction of sp³-hybridized carbons (Fsp3) is 0.933. The van der Waals surface area contributed by atoms with Gasteiger partial charge in [0.15, 0.2) is 0 Å². The predicted molar refractivity (Wildman–Crippen MR) is 163 cm³/mol. The number of aliphatic carboxylic acids is 2. The average molecular weight is 549 g/mol. The van der Waals surface area contributed by atoms with E-state index in [1.807, 2.05) is 11.8 Å². The fourth-order valence-electron chi connectivity index (χ4n) is 3.89. The smallest absolute Gasteiger partial charge is 0.317 e. The third-order valence-electron chi connectivity index (χ3n) is 6.31. The molecule has 0 saturated heterocycles. The van der Waals surface area contributed by atoms with Crippen molar-refractivity contribution in [1.29, 1.82) is 0 Å². The summed E-state index contributed by atoms with van der Waals surface area (Å²) >= 11 is 3.52. The second kappa shape index (κ2) is 32.7. The topological polar surface area (TPSA) is 74.6 Å². The second-order valence-electron chi connectivity index (χ2n) is 9.88. The van der Waals surface area contributed by atoms with Crippen LogP contribution in [0.4, 0.5) is 0 Å². The van der Waals surface area contributed by atoms with E-state index in [1.165, 1.54) is 128 Å². The van der Waals surface area contributed by atoms with E-state index < -0.39 is 11.9 Å². The van der Waals surface area contributed by atoms with Gasteiger partial charge in [0.05, 0.1) is 0 Å². The largest absolute Gasteiger partial charge is 0.481 e. The van der Waals surface area contributed by atoms with Gasteiger partial charge in [-0.1, -0.05) is 136 Å². The molecule has 2 N–H and O–H groups in total. The van der Waals surface area contributed by atoms with E-state index >= 15 is 0 Å². The van der Waals surface area contributed by atoms with Crippen LogP contribution in [0.5, 0.6) is 0 Å². The van der Waals surface area contributed by atoms with Crippen molar-refractivity contribution < 1.29 is 19.8 Å². The zero-order valence-corrected chi connectivity index (χ0v) is 25.7. The minimum atomic E-state index is -0.745. The Balaban J connectivity index is 0. The first-order chi connectivity index (χ1) is 17.5. The Morgan fingerprint density at radius 1 is 0.556 bits per heavy atom. The molecule has 0 rings (SSSR count). The maximum Gasteiger partial charge on any atom is 0.317 e. The summed E-state index contributed by atoms with van der Waals surface area (Å²) in [7, 11) is 0. The van der Waals surface area contributed by atoms with Crippen LogP contribution in [-0.4, -0.2) is 44.7 Å². The van der Waals surface area contributed by atoms with Gasteiger partial charge in [-0.05, 0) is 24.3 Å². The van der Waals surface area contributed by atoms with E-state index in [0.29, 0.717) is 0 Å². The quantitative estimate of drug-likeness (QED) is 0.0994. The van der Waals surface area contributed by atoms with Crippen molar-refractivity contribution in [2.45, 2.75) is 161 Å². The number of rotatable bonds is 27. The summed E-state index contributed by atoms with van der Waals surface area (Å²) in [4.78, 5) is 20.9. The van der Waals surface area contributed by atoms with Crippen LogP contribution >= 0.6 is 23.5 Å². The van der Waals surface area contributed by atoms with Crippen LogP contribution in [0.15, 0.2) is 0 Å². The Hall–Kier alpha value is -0.360. The lowest BCUT2D eigenvalue weighted by atomic mass is 10.1. The molecule has 6 heteroatoms. The van der Waals surface area contributed by atoms with Crippen LogP contribution in [0.2, 0.25) is 0 Å². The van der Waals surface area contributed by atoms with Crippen molar-refractivity contribution in [2.24, 2.45) is 0 Å². The Morgan fingerprint density at radius 2 is 0.889 bits per heavy atom. The third kappa shape index (κ3) is 33.6. The number of carbonyl (C=O) groups is 2. The highest BCUT2D eigenvalue weighted by molar-refractivity contribution is 8.03. The van der Waals surface area contributed by atoms with Crippen molar-refractivity contribution >= 4 is 35.5 Å². The Bertz CT molecular complexity index is 460. The molecule has 216 valence electrons. The maximum absolute atomic E-state index is 11.5. The molecule has 0 aromatic heterocycles. The van der Waals surface area contributed by atoms with Gasteiger partial charge < -0.3 is 10.2 Å². The van der Waals surface area contributed by atoms with E-state index in [2.05, 4.69) is 13.8 Å². The standard InChI is InChI=1S/C27H54O2S2.C3H6O2/c1-3-5-7-9-11-13-15-17-19-21-23-30-25-26(27(28)29)31-24-22-20-18-16-14-12-10-8-6-4-2;1-2-3(4)5/h26H,3-25H2,1-2H3,(H,28,29);2H2,1H3,(H,4,5). The Morgan fingerprint density at radius 3 is 1.22 bits per heavy atom. The molecule has 0 saturated carbocycles. The van der Waals surface area contributed by atoms with Gasteiger partial charge in [-0.2, -0.15) is 11.8 Å². The predicted octanol–water partition coefficient (Wildman–Crippen LogP) is 10.2. The molecule has 36 heavy (non-hydrogen) atoms. The fourth-order valence-corrected chi connectivity index (χ4v) is 6.29. The van der Waals surface area contributed by atoms with Gasteiger partial charge >= 0.3 is 11.9 Å². The number of carboxylic acid groups (broad SMARTS) is 2. The number of carboxylic acids is 2. The Labute approximate surface area is 232 Å². The molecule has 0 aliphatic heterocycles. The minimum absolute atomic E-state index is 0.216. The summed E-state index contributed by atoms with van der Waals surface area (Å²) in [5.41, 5.74) is 0. The molecule has 4 nitrogen and oxygen atoms in total. The van der Waals surface area contributed by atoms with Gasteiger partial charge in [0, 0.05) is 12.2 Å². The van der Waals surface area contributed by atoms with E-state index in [9.17, 15) is 14.7 Å². The van der Waals surface area contributed by atoms with Gasteiger partial charge in [0.1, 0.15) is 5.25 Å². The number of thioether (sulfide) groups is 2. The molecule has 0 fully saturated rings. The van der Waals surface area contributed by atoms with Crippen molar-refractivity contribution in [3.8, 4) is 0 Å². The molecule has 0 aromatic carbocycles. The summed E-state index contributed by atoms with van der Waals surface area (Å²) in [6.45, 7) is 6.14. The van der Waals surface area contributed by atoms with Crippen LogP contribution in [0.1, 0.15) is 156 Å². The van der Waals surface area contributed by atoms with Gasteiger partial charge in [-0.25, -0.2) is 0 Å². The van der Waals surface area contributed by atoms with Gasteiger partial charge in [0.2, 0.25) is 0 Å². The number of hydrogen-bond acceptors (Lipinski definition) is 4. The highest BCUT2D eigenvalue weighted by Crippen LogP contribution is 2.21. The molecular formula is C30H60O4S2. The molecule has 1 unspecified atom stereocenters. The molecule has 0 aromatic rings. The van der Waals surface area contributed by atoms with E-state index in [-0.39, 0.29) is 11.7 Å². The summed E-state index contributed by atoms with van der Waals surface area (Å²) in [6, 6.07) is 0. The van der Waals surface area contributed by atoms with E-state index in [0.717, 1.165) is 17.3 Å². The molecule has 0 spiro atoms. The van der Waals surface area contributed by atoms with Crippen molar-refractivity contribution in [3.05, 3.63) is 0 Å². The van der Waals surface area contributed by atoms with E-state index in [1.54, 1.807) is 18.7 Å². The Kier molecular flexibility index (Phi) is 34.3. The molecule has 0 aliphatic rings. The summed E-state index contributed by atoms with van der Waals surface area (Å²) in [5, 5.41) is 17.0. The molecular weight excluding hydrogens is 488 g/mol. The van der Waals surface area contributed by atoms with Gasteiger partial charge in [-0.3, -0.25) is 9.59 Å². The normalized spacial score (nSPS) is 11.6. The van der Waals surface area contributed by atoms with Gasteiger partial charge in [0.25, 0.3) is 0 Å². The highest BCUT2D eigenvalue weighted by atomic mass is 32.2. The van der Waals surface area contributed by atoms with Crippen molar-refractivity contribution in [3.63, 3.8) is 0 Å². The SMILES string of the molecule is CCC(=O)O.CCCCCCCCCCCCSCC(SCCCCCCCCCCCC)C(=O)O. The first-order valence-electron chi connectivity index (χ1n) is 15.1. The summed E-state index contributed by atoms with van der Waals surface area (Å²) in [5.74, 6) is 1.54. The zero-order valence-electron chi connectivity index (χ0n) is 24.1. The molecule has 0 aliphatic carbocycles. The third-order valence-corrected chi connectivity index (χ3v) is 8.96. The summed E-state index contributed by atoms with van der Waals surface area (Å²) in [6.07, 6.45) is 27.3. The molecule has 0 radical (unpaired) electrons. The first-order valence-corrected chi connectivity index (χ1v) is 17.3. The summed E-state index contributed by atoms with van der Waals surface area (Å²) < 4.78 is 0. The maximum atomic E-state index is 11.5. The lowest BCUT2D eigenvalue weighted by Gasteiger charge is -2.12. The van der Waals surface area contributed by atoms with Crippen molar-refractivity contribution in [2.75, 3.05) is 17.3 Å². The van der Waals surface area contributed by atoms with Crippen LogP contribution in [0, 0.1) is 0 Å². The van der Waals surface area contributed by atoms with E-state index in [4.69, 9.17) is 5.11 Å². The zero-order chi connectivity index (χ0) is 27.1. The van der Waals surface area contributed by atoms with Crippen LogP contribution in [0.25, 0.3) is 0 Å². The molecule has 0 bridgehead atoms. The molecule has 0 heterocycles. The van der Waals surface area contributed by atoms with Crippen molar-refractivity contribution in [1.82, 2.24) is 0 Å². The highest BCUT2D eigenvalue weighted by Gasteiger charge is 2.17. The number of unbranched alkanes of at least 4 members (excludes halogenated alkanes) is 18. The monoisotopic (exact) mass is 548 g/mol. The average Bonchev–Trinajstić information content (AvgIpc) is 2.86. The van der Waals surface area contributed by atoms with Gasteiger partial charge in [-0.15, -0.1) is 11.8 Å². The second-order valence-corrected chi connectivity index (χ2v) is 12.3. The lowest BCUT2D eigenvalue weighted by molar-refractivity contribution is -0.137.